The number of carbonyl (C=O) groups is 1. The SMILES string of the molecule is CCc1cccc([PH](=O)O)c1N1CCC1=O. The summed E-state index contributed by atoms with van der Waals surface area (Å²) >= 11 is 0. The van der Waals surface area contributed by atoms with E-state index >= 15 is 0 Å². The number of amides is 1. The summed E-state index contributed by atoms with van der Waals surface area (Å²) < 4.78 is 11.3. The average Bonchev–Trinajstić information content (AvgIpc) is 2.27. The Morgan fingerprint density at radius 1 is 1.50 bits per heavy atom. The molecule has 16 heavy (non-hydrogen) atoms. The average molecular weight is 239 g/mol. The van der Waals surface area contributed by atoms with E-state index in [1.165, 1.54) is 0 Å². The smallest absolute Gasteiger partial charge is 0.228 e. The van der Waals surface area contributed by atoms with E-state index in [1.807, 2.05) is 13.0 Å². The number of aryl methyl sites for hydroxylation is 1. The van der Waals surface area contributed by atoms with E-state index in [9.17, 15) is 14.3 Å². The molecule has 1 heterocycles. The molecule has 1 amide bonds. The van der Waals surface area contributed by atoms with Crippen molar-refractivity contribution in [3.8, 4) is 0 Å². The zero-order valence-electron chi connectivity index (χ0n) is 9.06. The molecule has 2 rings (SSSR count). The van der Waals surface area contributed by atoms with Gasteiger partial charge >= 0.3 is 0 Å². The molecule has 1 aromatic rings. The van der Waals surface area contributed by atoms with Crippen LogP contribution in [0.3, 0.4) is 0 Å². The lowest BCUT2D eigenvalue weighted by atomic mass is 10.1. The van der Waals surface area contributed by atoms with Gasteiger partial charge in [-0.25, -0.2) is 0 Å². The van der Waals surface area contributed by atoms with Gasteiger partial charge in [0.2, 0.25) is 13.9 Å². The molecule has 86 valence electrons. The summed E-state index contributed by atoms with van der Waals surface area (Å²) in [6.07, 6.45) is 1.28. The molecule has 1 atom stereocenters. The second kappa shape index (κ2) is 4.40. The number of carbonyl (C=O) groups excluding carboxylic acids is 1. The Morgan fingerprint density at radius 2 is 2.25 bits per heavy atom. The molecular formula is C11H14NO3P. The molecule has 5 heteroatoms. The molecule has 0 aliphatic carbocycles. The molecule has 1 aliphatic rings. The molecule has 0 radical (unpaired) electrons. The lowest BCUT2D eigenvalue weighted by Gasteiger charge is -2.33. The number of hydrogen-bond donors (Lipinski definition) is 1. The van der Waals surface area contributed by atoms with Crippen LogP contribution in [0.25, 0.3) is 0 Å². The quantitative estimate of drug-likeness (QED) is 0.634. The number of para-hydroxylation sites is 1. The van der Waals surface area contributed by atoms with Crippen molar-refractivity contribution in [2.24, 2.45) is 0 Å². The summed E-state index contributed by atoms with van der Waals surface area (Å²) in [6.45, 7) is 2.62. The lowest BCUT2D eigenvalue weighted by Crippen LogP contribution is -2.45. The molecule has 0 bridgehead atoms. The van der Waals surface area contributed by atoms with Crippen molar-refractivity contribution in [1.82, 2.24) is 0 Å². The van der Waals surface area contributed by atoms with Gasteiger partial charge in [-0.05, 0) is 18.1 Å². The Kier molecular flexibility index (Phi) is 3.13. The maximum atomic E-state index is 11.4. The molecule has 1 fully saturated rings. The first kappa shape index (κ1) is 11.4. The maximum Gasteiger partial charge on any atom is 0.228 e. The van der Waals surface area contributed by atoms with Gasteiger partial charge in [0.1, 0.15) is 0 Å². The predicted octanol–water partition coefficient (Wildman–Crippen LogP) is 1.08. The van der Waals surface area contributed by atoms with Crippen molar-refractivity contribution in [2.75, 3.05) is 11.4 Å². The van der Waals surface area contributed by atoms with Gasteiger partial charge in [0, 0.05) is 13.0 Å². The van der Waals surface area contributed by atoms with Crippen molar-refractivity contribution >= 4 is 24.9 Å². The van der Waals surface area contributed by atoms with Gasteiger partial charge in [0.15, 0.2) is 0 Å². The standard InChI is InChI=1S/C11H14NO3P/c1-2-8-4-3-5-9(16(14)15)11(8)12-7-6-10(12)13/h3-5,16H,2,6-7H2,1H3,(H,14,15). The Hall–Kier alpha value is -1.12. The van der Waals surface area contributed by atoms with Crippen LogP contribution < -0.4 is 10.2 Å². The minimum Gasteiger partial charge on any atom is -0.343 e. The molecule has 0 aromatic heterocycles. The summed E-state index contributed by atoms with van der Waals surface area (Å²) in [7, 11) is -2.76. The van der Waals surface area contributed by atoms with Gasteiger partial charge in [-0.2, -0.15) is 0 Å². The number of nitrogens with zero attached hydrogens (tertiary/aromatic N) is 1. The highest BCUT2D eigenvalue weighted by molar-refractivity contribution is 7.47. The largest absolute Gasteiger partial charge is 0.343 e. The number of β-lactam (4-membered cyclic amide) rings is 1. The monoisotopic (exact) mass is 239 g/mol. The third-order valence-electron chi connectivity index (χ3n) is 2.85. The van der Waals surface area contributed by atoms with Crippen LogP contribution in [0.2, 0.25) is 0 Å². The third-order valence-corrected chi connectivity index (χ3v) is 3.72. The van der Waals surface area contributed by atoms with Gasteiger partial charge in [0.25, 0.3) is 0 Å². The van der Waals surface area contributed by atoms with Crippen LogP contribution in [0.5, 0.6) is 0 Å². The first-order valence-electron chi connectivity index (χ1n) is 5.30. The number of benzene rings is 1. The summed E-state index contributed by atoms with van der Waals surface area (Å²) in [5, 5.41) is 0.400. The van der Waals surface area contributed by atoms with Crippen molar-refractivity contribution in [3.63, 3.8) is 0 Å². The van der Waals surface area contributed by atoms with Crippen molar-refractivity contribution in [3.05, 3.63) is 23.8 Å². The van der Waals surface area contributed by atoms with Crippen LogP contribution in [0, 0.1) is 0 Å². The van der Waals surface area contributed by atoms with Gasteiger partial charge in [-0.15, -0.1) is 0 Å². The summed E-state index contributed by atoms with van der Waals surface area (Å²) in [5.41, 5.74) is 1.62. The van der Waals surface area contributed by atoms with E-state index in [4.69, 9.17) is 0 Å². The molecule has 1 aliphatic heterocycles. The van der Waals surface area contributed by atoms with Gasteiger partial charge in [0.05, 0.1) is 11.0 Å². The van der Waals surface area contributed by atoms with E-state index in [-0.39, 0.29) is 5.91 Å². The van der Waals surface area contributed by atoms with E-state index < -0.39 is 8.03 Å². The molecule has 0 spiro atoms. The van der Waals surface area contributed by atoms with Crippen LogP contribution in [-0.4, -0.2) is 17.3 Å². The fraction of sp³-hybridized carbons (Fsp3) is 0.364. The number of hydrogen-bond acceptors (Lipinski definition) is 2. The number of anilines is 1. The second-order valence-corrected chi connectivity index (χ2v) is 4.92. The van der Waals surface area contributed by atoms with Crippen LogP contribution in [-0.2, 0) is 15.8 Å². The van der Waals surface area contributed by atoms with Crippen molar-refractivity contribution in [1.29, 1.82) is 0 Å². The Bertz CT molecular complexity index is 459. The van der Waals surface area contributed by atoms with Gasteiger partial charge in [-0.1, -0.05) is 19.1 Å². The van der Waals surface area contributed by atoms with E-state index in [0.29, 0.717) is 24.0 Å². The summed E-state index contributed by atoms with van der Waals surface area (Å²) in [4.78, 5) is 22.3. The normalized spacial score (nSPS) is 17.1. The highest BCUT2D eigenvalue weighted by atomic mass is 31.1. The molecule has 1 N–H and O–H groups in total. The van der Waals surface area contributed by atoms with Crippen LogP contribution >= 0.6 is 8.03 Å². The molecule has 1 saturated heterocycles. The number of rotatable bonds is 3. The predicted molar refractivity (Wildman–Crippen MR) is 63.6 cm³/mol. The van der Waals surface area contributed by atoms with Crippen LogP contribution in [0.15, 0.2) is 18.2 Å². The summed E-state index contributed by atoms with van der Waals surface area (Å²) in [6, 6.07) is 5.29. The Morgan fingerprint density at radius 3 is 2.69 bits per heavy atom. The Balaban J connectivity index is 2.53. The van der Waals surface area contributed by atoms with E-state index in [0.717, 1.165) is 12.0 Å². The topological polar surface area (TPSA) is 57.6 Å². The third kappa shape index (κ3) is 1.79. The van der Waals surface area contributed by atoms with Crippen LogP contribution in [0.1, 0.15) is 18.9 Å². The minimum absolute atomic E-state index is 0.0328. The second-order valence-electron chi connectivity index (χ2n) is 3.77. The van der Waals surface area contributed by atoms with Gasteiger partial charge in [-0.3, -0.25) is 9.36 Å². The highest BCUT2D eigenvalue weighted by Crippen LogP contribution is 2.30. The fourth-order valence-electron chi connectivity index (χ4n) is 1.92. The molecule has 1 aromatic carbocycles. The van der Waals surface area contributed by atoms with E-state index in [2.05, 4.69) is 0 Å². The highest BCUT2D eigenvalue weighted by Gasteiger charge is 2.29. The zero-order chi connectivity index (χ0) is 11.7. The molecule has 1 unspecified atom stereocenters. The molecule has 0 saturated carbocycles. The maximum absolute atomic E-state index is 11.4. The minimum atomic E-state index is -2.76. The first-order chi connectivity index (χ1) is 7.65. The van der Waals surface area contributed by atoms with Crippen molar-refractivity contribution < 1.29 is 14.3 Å². The molecular weight excluding hydrogens is 225 g/mol. The zero-order valence-corrected chi connectivity index (χ0v) is 10.1. The van der Waals surface area contributed by atoms with Gasteiger partial charge < -0.3 is 9.79 Å². The Labute approximate surface area is 94.8 Å². The molecule has 4 nitrogen and oxygen atoms in total. The fourth-order valence-corrected chi connectivity index (χ4v) is 2.66. The van der Waals surface area contributed by atoms with Crippen molar-refractivity contribution in [2.45, 2.75) is 19.8 Å². The van der Waals surface area contributed by atoms with E-state index in [1.54, 1.807) is 17.0 Å². The van der Waals surface area contributed by atoms with Crippen LogP contribution in [0.4, 0.5) is 5.69 Å². The first-order valence-corrected chi connectivity index (χ1v) is 6.66. The lowest BCUT2D eigenvalue weighted by molar-refractivity contribution is -0.122. The summed E-state index contributed by atoms with van der Waals surface area (Å²) in [5.74, 6) is 0.0328.